The summed E-state index contributed by atoms with van der Waals surface area (Å²) in [6.45, 7) is 1.96. The van der Waals surface area contributed by atoms with E-state index in [1.54, 1.807) is 11.8 Å². The summed E-state index contributed by atoms with van der Waals surface area (Å²) in [6.07, 6.45) is -0.537. The maximum atomic E-state index is 12.4. The maximum absolute atomic E-state index is 12.4. The fraction of sp³-hybridized carbons (Fsp3) is 0.188. The van der Waals surface area contributed by atoms with E-state index in [0.29, 0.717) is 23.2 Å². The molecule has 1 aromatic carbocycles. The number of para-hydroxylation sites is 2. The molecule has 7 heteroatoms. The van der Waals surface area contributed by atoms with Gasteiger partial charge < -0.3 is 9.26 Å². The van der Waals surface area contributed by atoms with Gasteiger partial charge in [-0.05, 0) is 30.5 Å². The van der Waals surface area contributed by atoms with E-state index in [1.807, 2.05) is 41.8 Å². The SMILES string of the molecule is CC1Oc2ccccc2N(Cc2nc(-c3cccs3)no2)C1=O. The van der Waals surface area contributed by atoms with Gasteiger partial charge in [-0.2, -0.15) is 4.98 Å². The number of carbonyl (C=O) groups excluding carboxylic acids is 1. The lowest BCUT2D eigenvalue weighted by molar-refractivity contribution is -0.125. The van der Waals surface area contributed by atoms with Crippen molar-refractivity contribution < 1.29 is 14.1 Å². The molecule has 1 aliphatic heterocycles. The van der Waals surface area contributed by atoms with Crippen molar-refractivity contribution in [3.05, 3.63) is 47.7 Å². The second kappa shape index (κ2) is 5.51. The van der Waals surface area contributed by atoms with Gasteiger partial charge in [-0.25, -0.2) is 0 Å². The van der Waals surface area contributed by atoms with Crippen LogP contribution in [0.1, 0.15) is 12.8 Å². The third-order valence-electron chi connectivity index (χ3n) is 3.58. The summed E-state index contributed by atoms with van der Waals surface area (Å²) in [4.78, 5) is 19.4. The van der Waals surface area contributed by atoms with E-state index in [-0.39, 0.29) is 12.5 Å². The molecule has 3 heterocycles. The summed E-state index contributed by atoms with van der Waals surface area (Å²) >= 11 is 1.54. The highest BCUT2D eigenvalue weighted by Crippen LogP contribution is 2.34. The molecule has 23 heavy (non-hydrogen) atoms. The molecule has 2 aromatic heterocycles. The number of rotatable bonds is 3. The number of anilines is 1. The molecule has 4 rings (SSSR count). The highest BCUT2D eigenvalue weighted by molar-refractivity contribution is 7.13. The number of thiophene rings is 1. The third kappa shape index (κ3) is 2.49. The molecule has 6 nitrogen and oxygen atoms in total. The Bertz CT molecular complexity index is 844. The summed E-state index contributed by atoms with van der Waals surface area (Å²) < 4.78 is 10.9. The minimum absolute atomic E-state index is 0.125. The molecule has 1 unspecified atom stereocenters. The van der Waals surface area contributed by atoms with Gasteiger partial charge in [0.15, 0.2) is 6.10 Å². The molecular formula is C16H13N3O3S. The molecule has 0 bridgehead atoms. The molecule has 0 saturated heterocycles. The average molecular weight is 327 g/mol. The second-order valence-corrected chi connectivity index (χ2v) is 6.09. The second-order valence-electron chi connectivity index (χ2n) is 5.14. The van der Waals surface area contributed by atoms with Gasteiger partial charge in [0.05, 0.1) is 10.6 Å². The van der Waals surface area contributed by atoms with Crippen molar-refractivity contribution in [3.63, 3.8) is 0 Å². The van der Waals surface area contributed by atoms with Crippen LogP contribution in [0.3, 0.4) is 0 Å². The Morgan fingerprint density at radius 2 is 2.13 bits per heavy atom. The zero-order chi connectivity index (χ0) is 15.8. The van der Waals surface area contributed by atoms with Gasteiger partial charge >= 0.3 is 0 Å². The molecule has 116 valence electrons. The number of nitrogens with zero attached hydrogens (tertiary/aromatic N) is 3. The number of fused-ring (bicyclic) bond motifs is 1. The van der Waals surface area contributed by atoms with E-state index in [4.69, 9.17) is 9.26 Å². The first-order valence-corrected chi connectivity index (χ1v) is 8.04. The van der Waals surface area contributed by atoms with E-state index < -0.39 is 6.10 Å². The van der Waals surface area contributed by atoms with Crippen molar-refractivity contribution in [2.45, 2.75) is 19.6 Å². The van der Waals surface area contributed by atoms with E-state index in [0.717, 1.165) is 4.88 Å². The van der Waals surface area contributed by atoms with Crippen LogP contribution >= 0.6 is 11.3 Å². The van der Waals surface area contributed by atoms with E-state index in [1.165, 1.54) is 11.3 Å². The lowest BCUT2D eigenvalue weighted by Crippen LogP contribution is -2.44. The minimum Gasteiger partial charge on any atom is -0.479 e. The third-order valence-corrected chi connectivity index (χ3v) is 4.44. The summed E-state index contributed by atoms with van der Waals surface area (Å²) in [5, 5.41) is 5.93. The normalized spacial score (nSPS) is 17.0. The molecule has 0 aliphatic carbocycles. The number of ether oxygens (including phenoxy) is 1. The topological polar surface area (TPSA) is 68.5 Å². The van der Waals surface area contributed by atoms with Gasteiger partial charge in [-0.1, -0.05) is 23.4 Å². The number of hydrogen-bond donors (Lipinski definition) is 0. The van der Waals surface area contributed by atoms with Crippen LogP contribution in [0.2, 0.25) is 0 Å². The number of amides is 1. The van der Waals surface area contributed by atoms with Gasteiger partial charge in [-0.3, -0.25) is 9.69 Å². The molecule has 0 fully saturated rings. The number of aromatic nitrogens is 2. The van der Waals surface area contributed by atoms with Gasteiger partial charge in [-0.15, -0.1) is 11.3 Å². The fourth-order valence-electron chi connectivity index (χ4n) is 2.48. The van der Waals surface area contributed by atoms with E-state index >= 15 is 0 Å². The highest BCUT2D eigenvalue weighted by Gasteiger charge is 2.32. The summed E-state index contributed by atoms with van der Waals surface area (Å²) in [6, 6.07) is 11.3. The summed E-state index contributed by atoms with van der Waals surface area (Å²) in [5.74, 6) is 1.49. The molecular weight excluding hydrogens is 314 g/mol. The van der Waals surface area contributed by atoms with Crippen molar-refractivity contribution in [2.24, 2.45) is 0 Å². The quantitative estimate of drug-likeness (QED) is 0.739. The Balaban J connectivity index is 1.64. The number of benzene rings is 1. The van der Waals surface area contributed by atoms with Gasteiger partial charge in [0, 0.05) is 0 Å². The predicted octanol–water partition coefficient (Wildman–Crippen LogP) is 3.11. The lowest BCUT2D eigenvalue weighted by Gasteiger charge is -2.31. The number of hydrogen-bond acceptors (Lipinski definition) is 6. The van der Waals surface area contributed by atoms with Crippen LogP contribution < -0.4 is 9.64 Å². The predicted molar refractivity (Wildman–Crippen MR) is 85.3 cm³/mol. The summed E-state index contributed by atoms with van der Waals surface area (Å²) in [5.41, 5.74) is 0.714. The van der Waals surface area contributed by atoms with Crippen LogP contribution in [0, 0.1) is 0 Å². The smallest absolute Gasteiger partial charge is 0.268 e. The van der Waals surface area contributed by atoms with Crippen molar-refractivity contribution >= 4 is 22.9 Å². The highest BCUT2D eigenvalue weighted by atomic mass is 32.1. The van der Waals surface area contributed by atoms with Crippen molar-refractivity contribution in [1.29, 1.82) is 0 Å². The molecule has 0 N–H and O–H groups in total. The van der Waals surface area contributed by atoms with Crippen LogP contribution in [0.15, 0.2) is 46.3 Å². The molecule has 0 radical (unpaired) electrons. The largest absolute Gasteiger partial charge is 0.479 e. The van der Waals surface area contributed by atoms with E-state index in [2.05, 4.69) is 10.1 Å². The Labute approximate surface area is 136 Å². The molecule has 1 amide bonds. The average Bonchev–Trinajstić information content (AvgIpc) is 3.23. The molecule has 0 spiro atoms. The first-order valence-electron chi connectivity index (χ1n) is 7.16. The van der Waals surface area contributed by atoms with Crippen molar-refractivity contribution in [3.8, 4) is 16.5 Å². The minimum atomic E-state index is -0.537. The molecule has 1 atom stereocenters. The first kappa shape index (κ1) is 14.0. The Kier molecular flexibility index (Phi) is 3.34. The van der Waals surface area contributed by atoms with Crippen LogP contribution in [0.4, 0.5) is 5.69 Å². The van der Waals surface area contributed by atoms with Crippen LogP contribution in [0.25, 0.3) is 10.7 Å². The molecule has 0 saturated carbocycles. The van der Waals surface area contributed by atoms with Crippen molar-refractivity contribution in [1.82, 2.24) is 10.1 Å². The monoisotopic (exact) mass is 327 g/mol. The van der Waals surface area contributed by atoms with Crippen LogP contribution in [0.5, 0.6) is 5.75 Å². The Morgan fingerprint density at radius 3 is 2.96 bits per heavy atom. The zero-order valence-corrected chi connectivity index (χ0v) is 13.1. The Morgan fingerprint density at radius 1 is 1.26 bits per heavy atom. The first-order chi connectivity index (χ1) is 11.2. The maximum Gasteiger partial charge on any atom is 0.268 e. The standard InChI is InChI=1S/C16H13N3O3S/c1-10-16(20)19(11-5-2-3-6-12(11)21-10)9-14-17-15(18-22-14)13-7-4-8-23-13/h2-8,10H,9H2,1H3. The fourth-order valence-corrected chi connectivity index (χ4v) is 3.13. The van der Waals surface area contributed by atoms with Crippen molar-refractivity contribution in [2.75, 3.05) is 4.90 Å². The molecule has 3 aromatic rings. The summed E-state index contributed by atoms with van der Waals surface area (Å²) in [7, 11) is 0. The van der Waals surface area contributed by atoms with Crippen LogP contribution in [-0.2, 0) is 11.3 Å². The number of carbonyl (C=O) groups is 1. The zero-order valence-electron chi connectivity index (χ0n) is 12.3. The van der Waals surface area contributed by atoms with Crippen LogP contribution in [-0.4, -0.2) is 22.2 Å². The van der Waals surface area contributed by atoms with E-state index in [9.17, 15) is 4.79 Å². The molecule has 1 aliphatic rings. The van der Waals surface area contributed by atoms with Gasteiger partial charge in [0.1, 0.15) is 12.3 Å². The van der Waals surface area contributed by atoms with Gasteiger partial charge in [0.2, 0.25) is 11.7 Å². The lowest BCUT2D eigenvalue weighted by atomic mass is 10.2. The Hall–Kier alpha value is -2.67. The van der Waals surface area contributed by atoms with Gasteiger partial charge in [0.25, 0.3) is 5.91 Å².